The Morgan fingerprint density at radius 1 is 1.24 bits per heavy atom. The fourth-order valence-electron chi connectivity index (χ4n) is 1.56. The summed E-state index contributed by atoms with van der Waals surface area (Å²) in [5.41, 5.74) is 2.78. The van der Waals surface area contributed by atoms with Crippen LogP contribution in [0.25, 0.3) is 0 Å². The van der Waals surface area contributed by atoms with Crippen LogP contribution in [0, 0.1) is 0 Å². The van der Waals surface area contributed by atoms with Crippen molar-refractivity contribution in [3.8, 4) is 11.5 Å². The first kappa shape index (κ1) is 15.1. The highest BCUT2D eigenvalue weighted by molar-refractivity contribution is 9.10. The van der Waals surface area contributed by atoms with Gasteiger partial charge in [-0.2, -0.15) is 5.10 Å². The molecule has 0 fully saturated rings. The molecule has 0 radical (unpaired) electrons. The number of ether oxygens (including phenoxy) is 2. The molecule has 21 heavy (non-hydrogen) atoms. The molecule has 0 aliphatic heterocycles. The lowest BCUT2D eigenvalue weighted by Gasteiger charge is -2.07. The predicted molar refractivity (Wildman–Crippen MR) is 81.0 cm³/mol. The van der Waals surface area contributed by atoms with Crippen molar-refractivity contribution < 1.29 is 18.7 Å². The molecule has 0 unspecified atom stereocenters. The number of rotatable bonds is 5. The van der Waals surface area contributed by atoms with E-state index in [1.807, 2.05) is 0 Å². The van der Waals surface area contributed by atoms with Gasteiger partial charge in [-0.3, -0.25) is 4.79 Å². The van der Waals surface area contributed by atoms with Crippen molar-refractivity contribution in [2.24, 2.45) is 5.10 Å². The number of nitrogens with one attached hydrogen (secondary N) is 1. The average Bonchev–Trinajstić information content (AvgIpc) is 2.92. The number of benzene rings is 1. The maximum absolute atomic E-state index is 12.0. The van der Waals surface area contributed by atoms with E-state index in [2.05, 4.69) is 26.5 Å². The third-order valence-corrected chi connectivity index (χ3v) is 2.99. The quantitative estimate of drug-likeness (QED) is 0.663. The van der Waals surface area contributed by atoms with Crippen LogP contribution in [-0.4, -0.2) is 26.3 Å². The summed E-state index contributed by atoms with van der Waals surface area (Å²) in [6, 6.07) is 8.32. The van der Waals surface area contributed by atoms with Gasteiger partial charge in [0.15, 0.2) is 4.67 Å². The second kappa shape index (κ2) is 6.94. The van der Waals surface area contributed by atoms with E-state index >= 15 is 0 Å². The number of halogens is 1. The van der Waals surface area contributed by atoms with Crippen LogP contribution in [-0.2, 0) is 0 Å². The lowest BCUT2D eigenvalue weighted by Crippen LogP contribution is -2.17. The molecule has 2 rings (SSSR count). The Morgan fingerprint density at radius 3 is 2.43 bits per heavy atom. The molecule has 0 atom stereocenters. The summed E-state index contributed by atoms with van der Waals surface area (Å²) in [7, 11) is 3.03. The monoisotopic (exact) mass is 352 g/mol. The topological polar surface area (TPSA) is 73.1 Å². The lowest BCUT2D eigenvalue weighted by molar-refractivity contribution is 0.0954. The van der Waals surface area contributed by atoms with E-state index in [1.165, 1.54) is 20.4 Å². The van der Waals surface area contributed by atoms with Crippen LogP contribution in [0.3, 0.4) is 0 Å². The minimum Gasteiger partial charge on any atom is -0.497 e. The molecule has 110 valence electrons. The van der Waals surface area contributed by atoms with Crippen LogP contribution in [0.15, 0.2) is 44.5 Å². The normalized spacial score (nSPS) is 10.6. The van der Waals surface area contributed by atoms with Crippen LogP contribution >= 0.6 is 15.9 Å². The fourth-order valence-corrected chi connectivity index (χ4v) is 1.87. The van der Waals surface area contributed by atoms with Gasteiger partial charge in [-0.1, -0.05) is 0 Å². The molecular weight excluding hydrogens is 340 g/mol. The first-order valence-electron chi connectivity index (χ1n) is 5.94. The number of methoxy groups -OCH3 is 2. The molecule has 0 aliphatic rings. The maximum atomic E-state index is 12.0. The van der Waals surface area contributed by atoms with Crippen molar-refractivity contribution in [2.45, 2.75) is 0 Å². The number of nitrogens with zero attached hydrogens (tertiary/aromatic N) is 1. The van der Waals surface area contributed by atoms with Gasteiger partial charge in [0.25, 0.3) is 5.91 Å². The van der Waals surface area contributed by atoms with Crippen molar-refractivity contribution >= 4 is 28.1 Å². The smallest absolute Gasteiger partial charge is 0.271 e. The fraction of sp³-hybridized carbons (Fsp3) is 0.143. The summed E-state index contributed by atoms with van der Waals surface area (Å²) < 4.78 is 16.0. The van der Waals surface area contributed by atoms with E-state index in [0.717, 1.165) is 0 Å². The highest BCUT2D eigenvalue weighted by Gasteiger charge is 2.09. The molecule has 6 nitrogen and oxygen atoms in total. The van der Waals surface area contributed by atoms with E-state index in [9.17, 15) is 4.79 Å². The van der Waals surface area contributed by atoms with Crippen LogP contribution in [0.5, 0.6) is 11.5 Å². The Balaban J connectivity index is 2.07. The van der Waals surface area contributed by atoms with Crippen molar-refractivity contribution in [2.75, 3.05) is 14.2 Å². The average molecular weight is 353 g/mol. The molecule has 1 aromatic carbocycles. The van der Waals surface area contributed by atoms with E-state index in [-0.39, 0.29) is 5.91 Å². The van der Waals surface area contributed by atoms with Crippen molar-refractivity contribution in [1.82, 2.24) is 5.43 Å². The summed E-state index contributed by atoms with van der Waals surface area (Å²) in [6.45, 7) is 0. The van der Waals surface area contributed by atoms with Crippen LogP contribution in [0.4, 0.5) is 0 Å². The maximum Gasteiger partial charge on any atom is 0.271 e. The van der Waals surface area contributed by atoms with E-state index in [4.69, 9.17) is 13.9 Å². The van der Waals surface area contributed by atoms with Gasteiger partial charge in [-0.05, 0) is 40.2 Å². The highest BCUT2D eigenvalue weighted by Crippen LogP contribution is 2.22. The van der Waals surface area contributed by atoms with E-state index in [0.29, 0.717) is 27.5 Å². The van der Waals surface area contributed by atoms with Gasteiger partial charge in [0.1, 0.15) is 17.3 Å². The van der Waals surface area contributed by atoms with Gasteiger partial charge in [0, 0.05) is 11.6 Å². The summed E-state index contributed by atoms with van der Waals surface area (Å²) in [5.74, 6) is 1.19. The molecule has 7 heteroatoms. The standard InChI is InChI=1S/C14H13BrN2O4/c1-19-11-5-9(6-12(7-11)20-2)14(18)17-16-8-10-3-4-13(15)21-10/h3-8H,1-2H3,(H,17,18)/b16-8-. The molecule has 0 spiro atoms. The number of carbonyl (C=O) groups is 1. The molecule has 0 saturated carbocycles. The first-order chi connectivity index (χ1) is 10.1. The zero-order valence-electron chi connectivity index (χ0n) is 11.4. The van der Waals surface area contributed by atoms with Crippen LogP contribution < -0.4 is 14.9 Å². The van der Waals surface area contributed by atoms with Gasteiger partial charge in [0.2, 0.25) is 0 Å². The number of furan rings is 1. The number of hydrazone groups is 1. The van der Waals surface area contributed by atoms with E-state index in [1.54, 1.807) is 30.3 Å². The number of hydrogen-bond donors (Lipinski definition) is 1. The molecular formula is C14H13BrN2O4. The minimum absolute atomic E-state index is 0.379. The van der Waals surface area contributed by atoms with Gasteiger partial charge >= 0.3 is 0 Å². The number of amides is 1. The van der Waals surface area contributed by atoms with Gasteiger partial charge in [-0.25, -0.2) is 5.43 Å². The molecule has 2 aromatic rings. The molecule has 1 N–H and O–H groups in total. The molecule has 1 amide bonds. The summed E-state index contributed by atoms with van der Waals surface area (Å²) >= 11 is 3.18. The van der Waals surface area contributed by atoms with Gasteiger partial charge in [0.05, 0.1) is 20.4 Å². The minimum atomic E-state index is -0.380. The Labute approximate surface area is 129 Å². The van der Waals surface area contributed by atoms with Gasteiger partial charge < -0.3 is 13.9 Å². The molecule has 0 saturated heterocycles. The molecule has 0 aliphatic carbocycles. The second-order valence-electron chi connectivity index (χ2n) is 3.94. The third-order valence-electron chi connectivity index (χ3n) is 2.57. The predicted octanol–water partition coefficient (Wildman–Crippen LogP) is 2.82. The summed E-state index contributed by atoms with van der Waals surface area (Å²) in [4.78, 5) is 12.0. The van der Waals surface area contributed by atoms with Crippen molar-refractivity contribution in [3.05, 3.63) is 46.3 Å². The second-order valence-corrected chi connectivity index (χ2v) is 4.72. The Hall–Kier alpha value is -2.28. The summed E-state index contributed by atoms with van der Waals surface area (Å²) in [6.07, 6.45) is 1.40. The Kier molecular flexibility index (Phi) is 4.99. The Morgan fingerprint density at radius 2 is 1.90 bits per heavy atom. The molecule has 1 aromatic heterocycles. The highest BCUT2D eigenvalue weighted by atomic mass is 79.9. The Bertz CT molecular complexity index is 644. The first-order valence-corrected chi connectivity index (χ1v) is 6.73. The largest absolute Gasteiger partial charge is 0.497 e. The number of hydrogen-bond acceptors (Lipinski definition) is 5. The van der Waals surface area contributed by atoms with Crippen molar-refractivity contribution in [1.29, 1.82) is 0 Å². The lowest BCUT2D eigenvalue weighted by atomic mass is 10.2. The third kappa shape index (κ3) is 4.09. The SMILES string of the molecule is COc1cc(OC)cc(C(=O)N/N=C\c2ccc(Br)o2)c1. The molecule has 1 heterocycles. The van der Waals surface area contributed by atoms with Crippen LogP contribution in [0.1, 0.15) is 16.1 Å². The zero-order chi connectivity index (χ0) is 15.2. The van der Waals surface area contributed by atoms with Crippen LogP contribution in [0.2, 0.25) is 0 Å². The van der Waals surface area contributed by atoms with Crippen molar-refractivity contribution in [3.63, 3.8) is 0 Å². The zero-order valence-corrected chi connectivity index (χ0v) is 13.0. The molecule has 0 bridgehead atoms. The van der Waals surface area contributed by atoms with E-state index < -0.39 is 0 Å². The van der Waals surface area contributed by atoms with Gasteiger partial charge in [-0.15, -0.1) is 0 Å². The summed E-state index contributed by atoms with van der Waals surface area (Å²) in [5, 5.41) is 3.82. The number of carbonyl (C=O) groups excluding carboxylic acids is 1.